The van der Waals surface area contributed by atoms with Gasteiger partial charge in [-0.2, -0.15) is 0 Å². The molecule has 1 aromatic heterocycles. The number of nitrogens with one attached hydrogen (secondary N) is 3. The van der Waals surface area contributed by atoms with Crippen molar-refractivity contribution in [2.24, 2.45) is 5.92 Å². The fourth-order valence-corrected chi connectivity index (χ4v) is 3.96. The molecule has 1 unspecified atom stereocenters. The summed E-state index contributed by atoms with van der Waals surface area (Å²) < 4.78 is 0. The highest BCUT2D eigenvalue weighted by Crippen LogP contribution is 2.25. The van der Waals surface area contributed by atoms with Gasteiger partial charge in [0.15, 0.2) is 0 Å². The summed E-state index contributed by atoms with van der Waals surface area (Å²) in [5.74, 6) is -1.79. The molecule has 3 rings (SSSR count). The summed E-state index contributed by atoms with van der Waals surface area (Å²) in [6.07, 6.45) is 3.85. The van der Waals surface area contributed by atoms with Gasteiger partial charge in [-0.3, -0.25) is 19.4 Å². The van der Waals surface area contributed by atoms with Gasteiger partial charge in [-0.15, -0.1) is 0 Å². The molecule has 0 aliphatic carbocycles. The van der Waals surface area contributed by atoms with E-state index in [0.717, 1.165) is 25.9 Å². The zero-order valence-electron chi connectivity index (χ0n) is 16.5. The number of anilines is 1. The van der Waals surface area contributed by atoms with Crippen LogP contribution in [0.2, 0.25) is 10.0 Å². The molecule has 164 valence electrons. The lowest BCUT2D eigenvalue weighted by atomic mass is 9.95. The normalized spacial score (nSPS) is 15.2. The van der Waals surface area contributed by atoms with Crippen molar-refractivity contribution in [3.63, 3.8) is 0 Å². The van der Waals surface area contributed by atoms with Crippen molar-refractivity contribution in [1.82, 2.24) is 15.6 Å². The number of benzene rings is 1. The van der Waals surface area contributed by atoms with Crippen LogP contribution >= 0.6 is 23.2 Å². The molecular formula is C21H22Cl2N4O4. The average molecular weight is 465 g/mol. The number of hydrogen-bond acceptors (Lipinski definition) is 5. The summed E-state index contributed by atoms with van der Waals surface area (Å²) in [4.78, 5) is 40.2. The lowest BCUT2D eigenvalue weighted by Crippen LogP contribution is -2.40. The summed E-state index contributed by atoms with van der Waals surface area (Å²) in [5, 5.41) is 18.3. The standard InChI is InChI=1S/C21H22Cl2N4O4/c22-15-10-25-11-16(23)19(15)21(31)26-14-3-1-12(2-4-14)17(9-18(28)29)27-20(30)13-5-7-24-8-6-13/h1-4,10-11,13,17,24H,5-9H2,(H,26,31)(H,27,30)(H,28,29). The molecule has 0 radical (unpaired) electrons. The van der Waals surface area contributed by atoms with Crippen molar-refractivity contribution in [3.8, 4) is 0 Å². The summed E-state index contributed by atoms with van der Waals surface area (Å²) in [6, 6.07) is 5.92. The Morgan fingerprint density at radius 1 is 1.10 bits per heavy atom. The van der Waals surface area contributed by atoms with Crippen LogP contribution in [0.5, 0.6) is 0 Å². The van der Waals surface area contributed by atoms with Gasteiger partial charge in [-0.1, -0.05) is 35.3 Å². The summed E-state index contributed by atoms with van der Waals surface area (Å²) in [7, 11) is 0. The molecule has 1 fully saturated rings. The molecule has 1 saturated heterocycles. The molecule has 2 amide bonds. The van der Waals surface area contributed by atoms with E-state index in [4.69, 9.17) is 23.2 Å². The number of carboxylic acid groups (broad SMARTS) is 1. The number of pyridine rings is 1. The van der Waals surface area contributed by atoms with Crippen molar-refractivity contribution in [1.29, 1.82) is 0 Å². The van der Waals surface area contributed by atoms with Crippen LogP contribution in [0.25, 0.3) is 0 Å². The van der Waals surface area contributed by atoms with Crippen LogP contribution in [0, 0.1) is 5.92 Å². The van der Waals surface area contributed by atoms with E-state index in [0.29, 0.717) is 11.3 Å². The van der Waals surface area contributed by atoms with Crippen LogP contribution in [0.4, 0.5) is 5.69 Å². The zero-order chi connectivity index (χ0) is 22.4. The maximum absolute atomic E-state index is 12.6. The number of carbonyl (C=O) groups excluding carboxylic acids is 2. The van der Waals surface area contributed by atoms with Crippen molar-refractivity contribution in [3.05, 3.63) is 57.8 Å². The number of aromatic nitrogens is 1. The van der Waals surface area contributed by atoms with E-state index in [2.05, 4.69) is 20.9 Å². The molecular weight excluding hydrogens is 443 g/mol. The maximum atomic E-state index is 12.6. The van der Waals surface area contributed by atoms with E-state index in [1.54, 1.807) is 24.3 Å². The Hall–Kier alpha value is -2.68. The van der Waals surface area contributed by atoms with E-state index in [1.165, 1.54) is 12.4 Å². The average Bonchev–Trinajstić information content (AvgIpc) is 2.74. The minimum atomic E-state index is -1.02. The summed E-state index contributed by atoms with van der Waals surface area (Å²) in [6.45, 7) is 1.53. The summed E-state index contributed by atoms with van der Waals surface area (Å²) >= 11 is 12.0. The Morgan fingerprint density at radius 3 is 2.29 bits per heavy atom. The number of hydrogen-bond donors (Lipinski definition) is 4. The number of nitrogens with zero attached hydrogens (tertiary/aromatic N) is 1. The third-order valence-corrected chi connectivity index (χ3v) is 5.63. The topological polar surface area (TPSA) is 120 Å². The fraction of sp³-hybridized carbons (Fsp3) is 0.333. The molecule has 4 N–H and O–H groups in total. The molecule has 1 aromatic carbocycles. The van der Waals surface area contributed by atoms with Crippen molar-refractivity contribution < 1.29 is 19.5 Å². The highest BCUT2D eigenvalue weighted by molar-refractivity contribution is 6.40. The van der Waals surface area contributed by atoms with Gasteiger partial charge in [0.2, 0.25) is 5.91 Å². The second kappa shape index (κ2) is 10.6. The maximum Gasteiger partial charge on any atom is 0.305 e. The molecule has 0 saturated carbocycles. The third kappa shape index (κ3) is 6.16. The van der Waals surface area contributed by atoms with E-state index in [-0.39, 0.29) is 33.9 Å². The number of rotatable bonds is 7. The molecule has 0 bridgehead atoms. The lowest BCUT2D eigenvalue weighted by Gasteiger charge is -2.25. The van der Waals surface area contributed by atoms with Gasteiger partial charge in [-0.25, -0.2) is 0 Å². The van der Waals surface area contributed by atoms with Crippen molar-refractivity contribution >= 4 is 46.7 Å². The molecule has 1 aliphatic heterocycles. The van der Waals surface area contributed by atoms with Crippen LogP contribution in [0.3, 0.4) is 0 Å². The molecule has 1 aliphatic rings. The van der Waals surface area contributed by atoms with E-state index >= 15 is 0 Å². The largest absolute Gasteiger partial charge is 0.481 e. The monoisotopic (exact) mass is 464 g/mol. The minimum Gasteiger partial charge on any atom is -0.481 e. The second-order valence-electron chi connectivity index (χ2n) is 7.24. The van der Waals surface area contributed by atoms with Crippen LogP contribution in [0.15, 0.2) is 36.7 Å². The Balaban J connectivity index is 1.71. The first kappa shape index (κ1) is 23.0. The smallest absolute Gasteiger partial charge is 0.305 e. The van der Waals surface area contributed by atoms with Crippen molar-refractivity contribution in [2.45, 2.75) is 25.3 Å². The molecule has 8 nitrogen and oxygen atoms in total. The predicted octanol–water partition coefficient (Wildman–Crippen LogP) is 3.27. The second-order valence-corrected chi connectivity index (χ2v) is 8.05. The van der Waals surface area contributed by atoms with Gasteiger partial charge < -0.3 is 21.1 Å². The first-order chi connectivity index (χ1) is 14.8. The molecule has 1 atom stereocenters. The quantitative estimate of drug-likeness (QED) is 0.498. The van der Waals surface area contributed by atoms with Gasteiger partial charge in [-0.05, 0) is 43.6 Å². The predicted molar refractivity (Wildman–Crippen MR) is 117 cm³/mol. The first-order valence-corrected chi connectivity index (χ1v) is 10.5. The zero-order valence-corrected chi connectivity index (χ0v) is 18.0. The Labute approximate surface area is 189 Å². The Kier molecular flexibility index (Phi) is 7.84. The number of carbonyl (C=O) groups is 3. The molecule has 2 aromatic rings. The van der Waals surface area contributed by atoms with Gasteiger partial charge in [0, 0.05) is 24.0 Å². The molecule has 31 heavy (non-hydrogen) atoms. The lowest BCUT2D eigenvalue weighted by molar-refractivity contribution is -0.138. The third-order valence-electron chi connectivity index (χ3n) is 5.06. The SMILES string of the molecule is O=C(O)CC(NC(=O)C1CCNCC1)c1ccc(NC(=O)c2c(Cl)cncc2Cl)cc1. The number of halogens is 2. The van der Waals surface area contributed by atoms with Gasteiger partial charge >= 0.3 is 5.97 Å². The molecule has 0 spiro atoms. The Bertz CT molecular complexity index is 942. The number of carboxylic acids is 1. The van der Waals surface area contributed by atoms with E-state index in [9.17, 15) is 19.5 Å². The number of aliphatic carboxylic acids is 1. The highest BCUT2D eigenvalue weighted by Gasteiger charge is 2.25. The van der Waals surface area contributed by atoms with Crippen LogP contribution in [-0.2, 0) is 9.59 Å². The first-order valence-electron chi connectivity index (χ1n) is 9.78. The van der Waals surface area contributed by atoms with Crippen LogP contribution in [0.1, 0.15) is 41.2 Å². The summed E-state index contributed by atoms with van der Waals surface area (Å²) in [5.41, 5.74) is 1.21. The van der Waals surface area contributed by atoms with E-state index < -0.39 is 17.9 Å². The molecule has 2 heterocycles. The Morgan fingerprint density at radius 2 is 1.71 bits per heavy atom. The van der Waals surface area contributed by atoms with Gasteiger partial charge in [0.25, 0.3) is 5.91 Å². The number of amides is 2. The number of piperidine rings is 1. The fourth-order valence-electron chi connectivity index (χ4n) is 3.42. The van der Waals surface area contributed by atoms with Crippen LogP contribution in [-0.4, -0.2) is 41.0 Å². The highest BCUT2D eigenvalue weighted by atomic mass is 35.5. The minimum absolute atomic E-state index is 0.111. The van der Waals surface area contributed by atoms with Gasteiger partial charge in [0.05, 0.1) is 28.1 Å². The molecule has 10 heteroatoms. The van der Waals surface area contributed by atoms with E-state index in [1.807, 2.05) is 0 Å². The van der Waals surface area contributed by atoms with Crippen molar-refractivity contribution in [2.75, 3.05) is 18.4 Å². The van der Waals surface area contributed by atoms with Gasteiger partial charge in [0.1, 0.15) is 0 Å². The van der Waals surface area contributed by atoms with Crippen LogP contribution < -0.4 is 16.0 Å².